The van der Waals surface area contributed by atoms with Gasteiger partial charge in [-0.1, -0.05) is 121 Å². The molecule has 8 aromatic carbocycles. The Labute approximate surface area is 305 Å². The molecular formula is C48H26N4S. The molecule has 53 heavy (non-hydrogen) atoms. The van der Waals surface area contributed by atoms with E-state index < -0.39 is 0 Å². The fourth-order valence-corrected chi connectivity index (χ4v) is 10.4. The van der Waals surface area contributed by atoms with Crippen LogP contribution in [0, 0.1) is 0 Å². The highest BCUT2D eigenvalue weighted by Crippen LogP contribution is 2.50. The molecule has 0 aliphatic heterocycles. The van der Waals surface area contributed by atoms with Crippen molar-refractivity contribution in [2.75, 3.05) is 0 Å². The number of benzene rings is 8. The molecule has 5 heterocycles. The third kappa shape index (κ3) is 3.50. The predicted octanol–water partition coefficient (Wildman–Crippen LogP) is 13.1. The van der Waals surface area contributed by atoms with Gasteiger partial charge in [0.1, 0.15) is 5.69 Å². The lowest BCUT2D eigenvalue weighted by Crippen LogP contribution is -2.04. The maximum atomic E-state index is 5.59. The molecule has 13 aromatic rings. The Balaban J connectivity index is 1.33. The molecule has 0 aliphatic rings. The Kier molecular flexibility index (Phi) is 5.22. The van der Waals surface area contributed by atoms with E-state index >= 15 is 0 Å². The average molecular weight is 691 g/mol. The first-order chi connectivity index (χ1) is 26.3. The fourth-order valence-electron chi connectivity index (χ4n) is 9.28. The van der Waals surface area contributed by atoms with E-state index in [1.54, 1.807) is 0 Å². The predicted molar refractivity (Wildman–Crippen MR) is 224 cm³/mol. The molecule has 0 fully saturated rings. The third-order valence-electron chi connectivity index (χ3n) is 11.4. The molecule has 4 nitrogen and oxygen atoms in total. The molecular weight excluding hydrogens is 665 g/mol. The zero-order valence-corrected chi connectivity index (χ0v) is 29.0. The molecule has 0 radical (unpaired) electrons. The maximum Gasteiger partial charge on any atom is 0.165 e. The summed E-state index contributed by atoms with van der Waals surface area (Å²) in [6.45, 7) is 0. The van der Waals surface area contributed by atoms with Crippen LogP contribution in [0.4, 0.5) is 0 Å². The van der Waals surface area contributed by atoms with Crippen LogP contribution in [0.3, 0.4) is 0 Å². The lowest BCUT2D eigenvalue weighted by molar-refractivity contribution is 1.08. The van der Waals surface area contributed by atoms with Gasteiger partial charge in [-0.05, 0) is 41.8 Å². The van der Waals surface area contributed by atoms with Crippen LogP contribution in [0.5, 0.6) is 0 Å². The highest BCUT2D eigenvalue weighted by Gasteiger charge is 2.27. The summed E-state index contributed by atoms with van der Waals surface area (Å²) in [6, 6.07) is 57.1. The summed E-state index contributed by atoms with van der Waals surface area (Å²) in [5.74, 6) is 0.832. The van der Waals surface area contributed by atoms with Gasteiger partial charge in [0, 0.05) is 63.4 Å². The third-order valence-corrected chi connectivity index (χ3v) is 12.5. The van der Waals surface area contributed by atoms with Gasteiger partial charge in [-0.15, -0.1) is 11.3 Å². The van der Waals surface area contributed by atoms with E-state index in [0.717, 1.165) is 49.9 Å². The van der Waals surface area contributed by atoms with E-state index in [4.69, 9.17) is 9.97 Å². The number of hydrogen-bond acceptors (Lipinski definition) is 3. The van der Waals surface area contributed by atoms with Crippen molar-refractivity contribution in [3.8, 4) is 17.1 Å². The fraction of sp³-hybridized carbons (Fsp3) is 0. The zero-order chi connectivity index (χ0) is 34.4. The van der Waals surface area contributed by atoms with Crippen molar-refractivity contribution in [2.24, 2.45) is 0 Å². The van der Waals surface area contributed by atoms with Gasteiger partial charge in [0.25, 0.3) is 0 Å². The minimum absolute atomic E-state index is 0.832. The minimum Gasteiger partial charge on any atom is -0.308 e. The van der Waals surface area contributed by atoms with E-state index in [9.17, 15) is 0 Å². The molecule has 5 aromatic heterocycles. The summed E-state index contributed by atoms with van der Waals surface area (Å²) < 4.78 is 7.48. The van der Waals surface area contributed by atoms with Crippen molar-refractivity contribution in [3.05, 3.63) is 158 Å². The van der Waals surface area contributed by atoms with Crippen molar-refractivity contribution in [2.45, 2.75) is 0 Å². The van der Waals surface area contributed by atoms with Crippen molar-refractivity contribution in [1.29, 1.82) is 0 Å². The van der Waals surface area contributed by atoms with E-state index in [2.05, 4.69) is 167 Å². The number of aromatic nitrogens is 4. The van der Waals surface area contributed by atoms with Gasteiger partial charge >= 0.3 is 0 Å². The molecule has 0 amide bonds. The van der Waals surface area contributed by atoms with Crippen LogP contribution in [0.2, 0.25) is 0 Å². The number of fused-ring (bicyclic) bond motifs is 12. The number of rotatable bonds is 2. The standard InChI is InChI=1S/C48H26N4S/c1-2-13-28(14-3-1)45-48(49-34-25-24-27-12-4-5-15-29(27)46(34)50-45)52-37-22-11-21-36-43(37)44-38(52)26-40-41(32-17-7-9-23-39(32)53-40)42(44)33-19-10-18-31-30-16-6-8-20-35(30)51(36)47(31)33/h1-26H. The van der Waals surface area contributed by atoms with Gasteiger partial charge in [0.05, 0.1) is 38.6 Å². The van der Waals surface area contributed by atoms with Gasteiger partial charge in [-0.25, -0.2) is 9.97 Å². The summed E-state index contributed by atoms with van der Waals surface area (Å²) in [5, 5.41) is 12.5. The first-order valence-electron chi connectivity index (χ1n) is 18.0. The Hall–Kier alpha value is -6.82. The van der Waals surface area contributed by atoms with Crippen LogP contribution in [-0.4, -0.2) is 18.9 Å². The topological polar surface area (TPSA) is 35.1 Å². The summed E-state index contributed by atoms with van der Waals surface area (Å²) in [5.41, 5.74) is 9.60. The summed E-state index contributed by atoms with van der Waals surface area (Å²) in [4.78, 5) is 11.1. The van der Waals surface area contributed by atoms with Gasteiger partial charge in [-0.2, -0.15) is 0 Å². The lowest BCUT2D eigenvalue weighted by atomic mass is 9.99. The molecule has 0 saturated carbocycles. The number of hydrogen-bond donors (Lipinski definition) is 0. The number of nitrogens with zero attached hydrogens (tertiary/aromatic N) is 4. The molecule has 0 N–H and O–H groups in total. The Bertz CT molecular complexity index is 3680. The van der Waals surface area contributed by atoms with E-state index in [1.807, 2.05) is 11.3 Å². The molecule has 244 valence electrons. The molecule has 5 heteroatoms. The molecule has 0 spiro atoms. The second-order valence-corrected chi connectivity index (χ2v) is 15.2. The largest absolute Gasteiger partial charge is 0.308 e. The van der Waals surface area contributed by atoms with Gasteiger partial charge < -0.3 is 4.40 Å². The Morgan fingerprint density at radius 1 is 0.434 bits per heavy atom. The maximum absolute atomic E-state index is 5.59. The Morgan fingerprint density at radius 3 is 2.08 bits per heavy atom. The van der Waals surface area contributed by atoms with Crippen molar-refractivity contribution >= 4 is 113 Å². The van der Waals surface area contributed by atoms with Crippen LogP contribution in [0.1, 0.15) is 0 Å². The zero-order valence-electron chi connectivity index (χ0n) is 28.2. The second-order valence-electron chi connectivity index (χ2n) is 14.1. The molecule has 0 bridgehead atoms. The van der Waals surface area contributed by atoms with E-state index in [0.29, 0.717) is 0 Å². The molecule has 0 atom stereocenters. The minimum atomic E-state index is 0.832. The first kappa shape index (κ1) is 27.8. The lowest BCUT2D eigenvalue weighted by Gasteiger charge is -2.15. The smallest absolute Gasteiger partial charge is 0.165 e. The van der Waals surface area contributed by atoms with Crippen LogP contribution >= 0.6 is 11.3 Å². The quantitative estimate of drug-likeness (QED) is 0.169. The van der Waals surface area contributed by atoms with Gasteiger partial charge in [-0.3, -0.25) is 4.57 Å². The molecule has 0 aliphatic carbocycles. The number of para-hydroxylation sites is 2. The first-order valence-corrected chi connectivity index (χ1v) is 18.8. The monoisotopic (exact) mass is 690 g/mol. The average Bonchev–Trinajstić information content (AvgIpc) is 3.84. The highest BCUT2D eigenvalue weighted by atomic mass is 32.1. The van der Waals surface area contributed by atoms with E-state index in [1.165, 1.54) is 69.0 Å². The van der Waals surface area contributed by atoms with Crippen molar-refractivity contribution in [1.82, 2.24) is 18.9 Å². The summed E-state index contributed by atoms with van der Waals surface area (Å²) in [7, 11) is 0. The van der Waals surface area contributed by atoms with Gasteiger partial charge in [0.15, 0.2) is 5.82 Å². The van der Waals surface area contributed by atoms with Gasteiger partial charge in [0.2, 0.25) is 0 Å². The van der Waals surface area contributed by atoms with Crippen LogP contribution in [0.15, 0.2) is 158 Å². The highest BCUT2D eigenvalue weighted by molar-refractivity contribution is 7.26. The van der Waals surface area contributed by atoms with Crippen LogP contribution < -0.4 is 0 Å². The SMILES string of the molecule is c1ccc(-c2nc3c(ccc4ccccc43)nc2-n2c3cc4sc5ccccc5c4c4c5cccc6c7ccccc7n(c7cccc2c7c43)c65)cc1. The van der Waals surface area contributed by atoms with Crippen molar-refractivity contribution in [3.63, 3.8) is 0 Å². The van der Waals surface area contributed by atoms with Crippen LogP contribution in [-0.2, 0) is 0 Å². The number of thiophene rings is 1. The second kappa shape index (κ2) is 9.94. The normalized spacial score (nSPS) is 12.5. The van der Waals surface area contributed by atoms with E-state index in [-0.39, 0.29) is 0 Å². The molecule has 13 rings (SSSR count). The Morgan fingerprint density at radius 2 is 1.15 bits per heavy atom. The molecule has 0 unspecified atom stereocenters. The van der Waals surface area contributed by atoms with Crippen molar-refractivity contribution < 1.29 is 0 Å². The summed E-state index contributed by atoms with van der Waals surface area (Å²) >= 11 is 1.87. The summed E-state index contributed by atoms with van der Waals surface area (Å²) in [6.07, 6.45) is 0. The van der Waals surface area contributed by atoms with Crippen LogP contribution in [0.25, 0.3) is 119 Å². The molecule has 0 saturated heterocycles.